The van der Waals surface area contributed by atoms with E-state index in [1.54, 1.807) is 18.2 Å². The fourth-order valence-corrected chi connectivity index (χ4v) is 1.66. The zero-order valence-corrected chi connectivity index (χ0v) is 11.1. The van der Waals surface area contributed by atoms with E-state index in [0.29, 0.717) is 5.56 Å². The second-order valence-corrected chi connectivity index (χ2v) is 4.32. The molecule has 2 atom stereocenters. The van der Waals surface area contributed by atoms with Crippen molar-refractivity contribution in [2.24, 2.45) is 0 Å². The lowest BCUT2D eigenvalue weighted by Crippen LogP contribution is -2.52. The molecule has 0 aliphatic rings. The van der Waals surface area contributed by atoms with Crippen LogP contribution in [0.3, 0.4) is 0 Å². The third-order valence-electron chi connectivity index (χ3n) is 3.07. The van der Waals surface area contributed by atoms with Crippen molar-refractivity contribution in [3.63, 3.8) is 0 Å². The molecule has 4 nitrogen and oxygen atoms in total. The Morgan fingerprint density at radius 1 is 1.35 bits per heavy atom. The molecule has 0 heterocycles. The monoisotopic (exact) mass is 291 g/mol. The van der Waals surface area contributed by atoms with Crippen LogP contribution < -0.4 is 5.32 Å². The SMILES string of the molecule is CNC(COC(C)C(F)(F)F)(C(=O)O)c1ccccc1. The molecule has 0 radical (unpaired) electrons. The summed E-state index contributed by atoms with van der Waals surface area (Å²) in [5, 5.41) is 11.9. The summed E-state index contributed by atoms with van der Waals surface area (Å²) in [5.74, 6) is -1.31. The van der Waals surface area contributed by atoms with Crippen molar-refractivity contribution >= 4 is 5.97 Å². The fourth-order valence-electron chi connectivity index (χ4n) is 1.66. The Bertz CT molecular complexity index is 450. The standard InChI is InChI=1S/C13H16F3NO3/c1-9(13(14,15)16)20-8-12(17-2,11(18)19)10-6-4-3-5-7-10/h3-7,9,17H,8H2,1-2H3,(H,18,19). The Kier molecular flexibility index (Phi) is 5.13. The number of benzene rings is 1. The zero-order chi connectivity index (χ0) is 15.4. The average molecular weight is 291 g/mol. The van der Waals surface area contributed by atoms with E-state index in [1.165, 1.54) is 19.2 Å². The summed E-state index contributed by atoms with van der Waals surface area (Å²) in [5.41, 5.74) is -1.40. The van der Waals surface area contributed by atoms with Crippen molar-refractivity contribution in [1.29, 1.82) is 0 Å². The number of hydrogen-bond donors (Lipinski definition) is 2. The van der Waals surface area contributed by atoms with Crippen molar-refractivity contribution in [2.45, 2.75) is 24.7 Å². The van der Waals surface area contributed by atoms with Gasteiger partial charge in [0.05, 0.1) is 6.61 Å². The predicted molar refractivity (Wildman–Crippen MR) is 66.3 cm³/mol. The van der Waals surface area contributed by atoms with Crippen LogP contribution in [0, 0.1) is 0 Å². The topological polar surface area (TPSA) is 58.6 Å². The van der Waals surface area contributed by atoms with Crippen molar-refractivity contribution in [1.82, 2.24) is 5.32 Å². The van der Waals surface area contributed by atoms with E-state index in [-0.39, 0.29) is 0 Å². The number of carboxylic acid groups (broad SMARTS) is 1. The van der Waals surface area contributed by atoms with Gasteiger partial charge in [0.15, 0.2) is 11.6 Å². The molecule has 0 aromatic heterocycles. The largest absolute Gasteiger partial charge is 0.480 e. The normalized spacial score (nSPS) is 16.4. The van der Waals surface area contributed by atoms with Crippen LogP contribution in [-0.4, -0.2) is 37.0 Å². The van der Waals surface area contributed by atoms with Crippen LogP contribution in [0.4, 0.5) is 13.2 Å². The molecule has 0 saturated carbocycles. The highest BCUT2D eigenvalue weighted by atomic mass is 19.4. The zero-order valence-electron chi connectivity index (χ0n) is 11.1. The van der Waals surface area contributed by atoms with Crippen LogP contribution in [-0.2, 0) is 15.1 Å². The highest BCUT2D eigenvalue weighted by Gasteiger charge is 2.43. The Morgan fingerprint density at radius 2 is 1.90 bits per heavy atom. The van der Waals surface area contributed by atoms with Gasteiger partial charge >= 0.3 is 12.1 Å². The molecule has 0 fully saturated rings. The molecule has 0 aliphatic heterocycles. The Labute approximate surface area is 114 Å². The molecule has 112 valence electrons. The summed E-state index contributed by atoms with van der Waals surface area (Å²) >= 11 is 0. The highest BCUT2D eigenvalue weighted by molar-refractivity contribution is 5.81. The van der Waals surface area contributed by atoms with Gasteiger partial charge in [0.2, 0.25) is 0 Å². The minimum Gasteiger partial charge on any atom is -0.480 e. The first kappa shape index (κ1) is 16.5. The lowest BCUT2D eigenvalue weighted by Gasteiger charge is -2.31. The minimum absolute atomic E-state index is 0.323. The van der Waals surface area contributed by atoms with Gasteiger partial charge in [0, 0.05) is 0 Å². The average Bonchev–Trinajstić information content (AvgIpc) is 2.39. The third-order valence-corrected chi connectivity index (χ3v) is 3.07. The summed E-state index contributed by atoms with van der Waals surface area (Å²) in [6.45, 7) is 0.205. The maximum Gasteiger partial charge on any atom is 0.414 e. The smallest absolute Gasteiger partial charge is 0.414 e. The van der Waals surface area contributed by atoms with E-state index in [0.717, 1.165) is 6.92 Å². The van der Waals surface area contributed by atoms with Crippen molar-refractivity contribution in [2.75, 3.05) is 13.7 Å². The minimum atomic E-state index is -4.53. The molecule has 1 aromatic carbocycles. The van der Waals surface area contributed by atoms with Crippen LogP contribution in [0.1, 0.15) is 12.5 Å². The van der Waals surface area contributed by atoms with Gasteiger partial charge < -0.3 is 9.84 Å². The van der Waals surface area contributed by atoms with Gasteiger partial charge in [-0.1, -0.05) is 30.3 Å². The molecule has 1 rings (SSSR count). The number of likely N-dealkylation sites (N-methyl/N-ethyl adjacent to an activating group) is 1. The van der Waals surface area contributed by atoms with Gasteiger partial charge in [-0.2, -0.15) is 13.2 Å². The fraction of sp³-hybridized carbons (Fsp3) is 0.462. The number of nitrogens with one attached hydrogen (secondary N) is 1. The molecular formula is C13H16F3NO3. The number of halogens is 3. The van der Waals surface area contributed by atoms with Gasteiger partial charge in [0.1, 0.15) is 0 Å². The number of aliphatic carboxylic acids is 1. The lowest BCUT2D eigenvalue weighted by molar-refractivity contribution is -0.220. The molecule has 0 saturated heterocycles. The molecule has 1 aromatic rings. The Balaban J connectivity index is 3.00. The third kappa shape index (κ3) is 3.49. The first-order valence-corrected chi connectivity index (χ1v) is 5.90. The summed E-state index contributed by atoms with van der Waals surface area (Å²) in [6.07, 6.45) is -6.58. The molecular weight excluding hydrogens is 275 g/mol. The first-order chi connectivity index (χ1) is 9.24. The van der Waals surface area contributed by atoms with Gasteiger partial charge in [-0.25, -0.2) is 4.79 Å². The van der Waals surface area contributed by atoms with Gasteiger partial charge in [-0.3, -0.25) is 5.32 Å². The molecule has 0 spiro atoms. The molecule has 0 bridgehead atoms. The summed E-state index contributed by atoms with van der Waals surface area (Å²) in [6, 6.07) is 7.94. The Hall–Kier alpha value is -1.60. The van der Waals surface area contributed by atoms with Crippen LogP contribution in [0.15, 0.2) is 30.3 Å². The quantitative estimate of drug-likeness (QED) is 0.843. The van der Waals surface area contributed by atoms with Crippen LogP contribution in [0.5, 0.6) is 0 Å². The molecule has 2 N–H and O–H groups in total. The number of ether oxygens (including phenoxy) is 1. The van der Waals surface area contributed by atoms with E-state index in [9.17, 15) is 23.1 Å². The van der Waals surface area contributed by atoms with E-state index >= 15 is 0 Å². The summed E-state index contributed by atoms with van der Waals surface area (Å²) in [4.78, 5) is 11.5. The van der Waals surface area contributed by atoms with Crippen LogP contribution in [0.25, 0.3) is 0 Å². The van der Waals surface area contributed by atoms with Crippen LogP contribution >= 0.6 is 0 Å². The lowest BCUT2D eigenvalue weighted by atomic mass is 9.91. The maximum atomic E-state index is 12.4. The van der Waals surface area contributed by atoms with Crippen LogP contribution in [0.2, 0.25) is 0 Å². The number of carbonyl (C=O) groups is 1. The Morgan fingerprint density at radius 3 is 2.30 bits per heavy atom. The second kappa shape index (κ2) is 6.23. The molecule has 7 heteroatoms. The molecule has 0 aliphatic carbocycles. The summed E-state index contributed by atoms with van der Waals surface area (Å²) in [7, 11) is 1.36. The van der Waals surface area contributed by atoms with Gasteiger partial charge in [-0.15, -0.1) is 0 Å². The second-order valence-electron chi connectivity index (χ2n) is 4.32. The van der Waals surface area contributed by atoms with Crippen molar-refractivity contribution in [3.8, 4) is 0 Å². The molecule has 0 amide bonds. The van der Waals surface area contributed by atoms with Gasteiger partial charge in [-0.05, 0) is 19.5 Å². The molecule has 20 heavy (non-hydrogen) atoms. The van der Waals surface area contributed by atoms with Crippen molar-refractivity contribution in [3.05, 3.63) is 35.9 Å². The van der Waals surface area contributed by atoms with E-state index in [4.69, 9.17) is 4.74 Å². The number of alkyl halides is 3. The van der Waals surface area contributed by atoms with E-state index < -0.39 is 30.4 Å². The first-order valence-electron chi connectivity index (χ1n) is 5.90. The number of carboxylic acids is 1. The van der Waals surface area contributed by atoms with Crippen molar-refractivity contribution < 1.29 is 27.8 Å². The van der Waals surface area contributed by atoms with Gasteiger partial charge in [0.25, 0.3) is 0 Å². The van der Waals surface area contributed by atoms with E-state index in [2.05, 4.69) is 5.32 Å². The number of rotatable bonds is 6. The van der Waals surface area contributed by atoms with E-state index in [1.807, 2.05) is 0 Å². The maximum absolute atomic E-state index is 12.4. The summed E-state index contributed by atoms with van der Waals surface area (Å²) < 4.78 is 42.0. The predicted octanol–water partition coefficient (Wildman–Crippen LogP) is 2.15. The molecule has 2 unspecified atom stereocenters. The number of hydrogen-bond acceptors (Lipinski definition) is 3. The highest BCUT2D eigenvalue weighted by Crippen LogP contribution is 2.27.